The van der Waals surface area contributed by atoms with Gasteiger partial charge in [0.25, 0.3) is 23.6 Å². The quantitative estimate of drug-likeness (QED) is 0.0479. The van der Waals surface area contributed by atoms with Crippen molar-refractivity contribution in [1.29, 1.82) is 0 Å². The van der Waals surface area contributed by atoms with Gasteiger partial charge in [0, 0.05) is 136 Å². The number of hydrogen-bond donors (Lipinski definition) is 0. The molecule has 2 heterocycles. The first-order valence-corrected chi connectivity index (χ1v) is 18.9. The van der Waals surface area contributed by atoms with Crippen LogP contribution in [0.1, 0.15) is 51.4 Å². The van der Waals surface area contributed by atoms with Crippen molar-refractivity contribution in [2.24, 2.45) is 0 Å². The molecule has 0 spiro atoms. The highest BCUT2D eigenvalue weighted by molar-refractivity contribution is 6.13. The normalized spacial score (nSPS) is 9.39. The molecule has 4 amide bonds. The van der Waals surface area contributed by atoms with Crippen molar-refractivity contribution in [3.8, 4) is 0 Å². The van der Waals surface area contributed by atoms with E-state index in [0.717, 1.165) is 9.80 Å². The lowest BCUT2D eigenvalue weighted by atomic mass is 10.2. The van der Waals surface area contributed by atoms with Gasteiger partial charge in [-0.3, -0.25) is 44.3 Å². The van der Waals surface area contributed by atoms with Crippen LogP contribution in [-0.4, -0.2) is 58.5 Å². The van der Waals surface area contributed by atoms with E-state index in [0.29, 0.717) is 38.5 Å². The maximum Gasteiger partial charge on any atom is 0.352 e. The lowest BCUT2D eigenvalue weighted by molar-refractivity contribution is -0.154. The molecule has 0 aromatic rings. The number of hydrogen-bond acceptors (Lipinski definition) is 8. The van der Waals surface area contributed by atoms with E-state index in [1.807, 2.05) is 0 Å². The van der Waals surface area contributed by atoms with Gasteiger partial charge < -0.3 is 9.47 Å². The summed E-state index contributed by atoms with van der Waals surface area (Å²) in [5, 5.41) is 0. The van der Waals surface area contributed by atoms with Crippen molar-refractivity contribution in [1.82, 2.24) is 9.80 Å². The molecule has 66 heavy (non-hydrogen) atoms. The minimum atomic E-state index is -0.724. The summed E-state index contributed by atoms with van der Waals surface area (Å²) in [5.41, 5.74) is 83.2. The third kappa shape index (κ3) is 26.1. The van der Waals surface area contributed by atoms with E-state index in [2.05, 4.69) is 195 Å². The third-order valence-corrected chi connectivity index (χ3v) is 6.91. The zero-order valence-electron chi connectivity index (χ0n) is 34.6. The first-order valence-electron chi connectivity index (χ1n) is 18.9. The van der Waals surface area contributed by atoms with Crippen molar-refractivity contribution >= 4 is 35.6 Å². The summed E-state index contributed by atoms with van der Waals surface area (Å²) >= 11 is 0. The maximum atomic E-state index is 12.5. The molecular weight excluding hydrogens is 829 g/mol. The molecule has 10 nitrogen and oxygen atoms in total. The molecule has 2 rings (SSSR count). The standard InChI is InChI=1S/C56H25N2O8/c1-2-3-4-5-6-7-8-9-10-11-12-13-14-15-16-17-18-19-20-21-22-23-24-25-26-27-28-29-30-31-32-33-38-43-56(65-54(63)41-36-34-39-48-57-50(59)44-45-51(57)60)66-55(64)42-37-35-40-49-58-52(61)46-47-53(58)62/h1,44-47H,34-37,39-42,48-49H2/q-1. The third-order valence-electron chi connectivity index (χ3n) is 6.91. The maximum absolute atomic E-state index is 12.5. The topological polar surface area (TPSA) is 127 Å². The second-order valence-corrected chi connectivity index (χ2v) is 11.4. The van der Waals surface area contributed by atoms with Gasteiger partial charge in [0.1, 0.15) is 0 Å². The fourth-order valence-corrected chi connectivity index (χ4v) is 4.17. The fourth-order valence-electron chi connectivity index (χ4n) is 4.17. The van der Waals surface area contributed by atoms with Crippen molar-refractivity contribution < 1.29 is 38.2 Å². The largest absolute Gasteiger partial charge is 0.386 e. The Labute approximate surface area is 378 Å². The van der Waals surface area contributed by atoms with Crippen LogP contribution in [0, 0.1) is 6.58 Å². The van der Waals surface area contributed by atoms with E-state index in [9.17, 15) is 28.8 Å². The summed E-state index contributed by atoms with van der Waals surface area (Å²) in [6, 6.07) is 0. The summed E-state index contributed by atoms with van der Waals surface area (Å²) in [5.74, 6) is -3.55. The second kappa shape index (κ2) is 34.8. The Morgan fingerprint density at radius 3 is 0.864 bits per heavy atom. The van der Waals surface area contributed by atoms with Gasteiger partial charge in [0.15, 0.2) is 0 Å². The number of imide groups is 2. The number of rotatable bonds is 14. The molecule has 2 aliphatic rings. The molecule has 0 atom stereocenters. The van der Waals surface area contributed by atoms with Crippen LogP contribution in [0.15, 0.2) is 225 Å². The molecule has 0 radical (unpaired) electrons. The molecule has 0 N–H and O–H groups in total. The van der Waals surface area contributed by atoms with Crippen LogP contribution < -0.4 is 0 Å². The van der Waals surface area contributed by atoms with Crippen molar-refractivity contribution in [3.05, 3.63) is 232 Å². The Morgan fingerprint density at radius 1 is 0.364 bits per heavy atom. The number of unbranched alkanes of at least 4 members (excludes halogenated alkanes) is 4. The molecule has 0 unspecified atom stereocenters. The number of amides is 4. The number of nitrogens with zero attached hydrogens (tertiary/aromatic N) is 2. The molecule has 0 aromatic heterocycles. The minimum Gasteiger partial charge on any atom is -0.386 e. The Morgan fingerprint density at radius 2 is 0.606 bits per heavy atom. The average Bonchev–Trinajstić information content (AvgIpc) is 3.80. The van der Waals surface area contributed by atoms with Gasteiger partial charge >= 0.3 is 17.9 Å². The lowest BCUT2D eigenvalue weighted by Gasteiger charge is -2.13. The zero-order valence-corrected chi connectivity index (χ0v) is 34.6. The molecular formula is C56H25N2O8-. The molecule has 0 fully saturated rings. The number of carbonyl (C=O) groups excluding carboxylic acids is 6. The Balaban J connectivity index is 2.19. The number of esters is 2. The smallest absolute Gasteiger partial charge is 0.352 e. The second-order valence-electron chi connectivity index (χ2n) is 11.4. The molecule has 10 heteroatoms. The van der Waals surface area contributed by atoms with Crippen molar-refractivity contribution in [2.75, 3.05) is 13.1 Å². The summed E-state index contributed by atoms with van der Waals surface area (Å²) in [6.45, 7) is 5.39. The molecule has 0 aromatic carbocycles. The zero-order chi connectivity index (χ0) is 47.6. The highest BCUT2D eigenvalue weighted by atomic mass is 16.7. The van der Waals surface area contributed by atoms with Crippen molar-refractivity contribution in [3.63, 3.8) is 0 Å². The summed E-state index contributed by atoms with van der Waals surface area (Å²) in [7, 11) is 0. The van der Waals surface area contributed by atoms with Gasteiger partial charge in [-0.15, -0.1) is 5.73 Å². The van der Waals surface area contributed by atoms with E-state index in [1.54, 1.807) is 0 Å². The van der Waals surface area contributed by atoms with E-state index < -0.39 is 17.9 Å². The molecule has 308 valence electrons. The van der Waals surface area contributed by atoms with Gasteiger partial charge in [-0.2, -0.15) is 0 Å². The van der Waals surface area contributed by atoms with Crippen LogP contribution >= 0.6 is 0 Å². The number of ether oxygens (including phenoxy) is 2. The highest BCUT2D eigenvalue weighted by Gasteiger charge is 2.23. The van der Waals surface area contributed by atoms with E-state index in [4.69, 9.17) is 16.1 Å². The van der Waals surface area contributed by atoms with Gasteiger partial charge in [0.05, 0.1) is 0 Å². The van der Waals surface area contributed by atoms with Crippen LogP contribution in [0.25, 0.3) is 0 Å². The minimum absolute atomic E-state index is 0.0541. The van der Waals surface area contributed by atoms with Gasteiger partial charge in [-0.05, 0) is 117 Å². The van der Waals surface area contributed by atoms with Crippen LogP contribution in [0.3, 0.4) is 0 Å². The summed E-state index contributed by atoms with van der Waals surface area (Å²) < 4.78 is 10.3. The Bertz CT molecular complexity index is 3430. The molecule has 0 aliphatic carbocycles. The first kappa shape index (κ1) is 51.1. The Hall–Kier alpha value is -11.0. The van der Waals surface area contributed by atoms with Crippen LogP contribution in [0.4, 0.5) is 0 Å². The Kier molecular flexibility index (Phi) is 26.9. The van der Waals surface area contributed by atoms with Gasteiger partial charge in [-0.1, -0.05) is 12.8 Å². The summed E-state index contributed by atoms with van der Waals surface area (Å²) in [4.78, 5) is 73.9. The van der Waals surface area contributed by atoms with E-state index in [-0.39, 0.29) is 49.6 Å². The first-order chi connectivity index (χ1) is 32.3. The fraction of sp³-hybridized carbons (Fsp3) is 0.179. The lowest BCUT2D eigenvalue weighted by Crippen LogP contribution is -2.30. The van der Waals surface area contributed by atoms with Crippen LogP contribution in [0.2, 0.25) is 0 Å². The van der Waals surface area contributed by atoms with E-state index >= 15 is 0 Å². The monoisotopic (exact) mass is 853 g/mol. The molecule has 0 bridgehead atoms. The average molecular weight is 854 g/mol. The predicted octanol–water partition coefficient (Wildman–Crippen LogP) is 6.59. The van der Waals surface area contributed by atoms with Gasteiger partial charge in [-0.25, -0.2) is 12.3 Å². The van der Waals surface area contributed by atoms with E-state index in [1.165, 1.54) is 24.3 Å². The predicted molar refractivity (Wildman–Crippen MR) is 228 cm³/mol. The van der Waals surface area contributed by atoms with Crippen LogP contribution in [-0.2, 0) is 38.2 Å². The molecule has 0 saturated carbocycles. The summed E-state index contributed by atoms with van der Waals surface area (Å²) in [6.07, 6.45) is 7.42. The highest BCUT2D eigenvalue weighted by Crippen LogP contribution is 2.12. The number of carbonyl (C=O) groups is 6. The van der Waals surface area contributed by atoms with Crippen LogP contribution in [0.5, 0.6) is 0 Å². The van der Waals surface area contributed by atoms with Gasteiger partial charge in [0.2, 0.25) is 0 Å². The molecule has 2 aliphatic heterocycles. The van der Waals surface area contributed by atoms with Crippen molar-refractivity contribution in [2.45, 2.75) is 51.4 Å². The SMILES string of the molecule is [CH-]=C=C=C=C=C=C=C=C=C=C=C=C=C=C=C=C=C=C=C=C=C=C=C=C=C=C=C=C=C=C=C=C=C=C=C(OC(=O)CCCCCN1C(=O)C=CC1=O)OC(=O)CCCCCN1C(=O)C=CC1=O. The molecule has 0 saturated heterocycles.